The first-order valence-electron chi connectivity index (χ1n) is 7.09. The van der Waals surface area contributed by atoms with Crippen molar-refractivity contribution in [3.05, 3.63) is 33.6 Å². The van der Waals surface area contributed by atoms with Crippen molar-refractivity contribution in [2.75, 3.05) is 18.8 Å². The number of anilines is 1. The molecule has 1 fully saturated rings. The van der Waals surface area contributed by atoms with Crippen molar-refractivity contribution in [1.82, 2.24) is 4.90 Å². The zero-order valence-electron chi connectivity index (χ0n) is 12.7. The zero-order valence-corrected chi connectivity index (χ0v) is 13.5. The van der Waals surface area contributed by atoms with Gasteiger partial charge in [0.1, 0.15) is 11.5 Å². The molecule has 0 saturated carbocycles. The number of benzene rings is 1. The molecule has 0 aliphatic carbocycles. The number of hydrogen-bond donors (Lipinski definition) is 2. The Balaban J connectivity index is 0.00000264. The number of carbonyl (C=O) groups excluding carboxylic acids is 1. The average molecular weight is 347 g/mol. The highest BCUT2D eigenvalue weighted by Crippen LogP contribution is 2.29. The molecule has 2 unspecified atom stereocenters. The summed E-state index contributed by atoms with van der Waals surface area (Å²) in [7, 11) is 0. The lowest BCUT2D eigenvalue weighted by atomic mass is 9.91. The highest BCUT2D eigenvalue weighted by Gasteiger charge is 2.29. The third-order valence-electron chi connectivity index (χ3n) is 4.04. The summed E-state index contributed by atoms with van der Waals surface area (Å²) in [4.78, 5) is 24.2. The van der Waals surface area contributed by atoms with E-state index in [2.05, 4.69) is 0 Å². The van der Waals surface area contributed by atoms with Gasteiger partial charge < -0.3 is 16.4 Å². The number of halogens is 2. The van der Waals surface area contributed by atoms with E-state index in [0.29, 0.717) is 19.2 Å². The molecule has 1 heterocycles. The summed E-state index contributed by atoms with van der Waals surface area (Å²) in [5.41, 5.74) is 10.5. The van der Waals surface area contributed by atoms with Gasteiger partial charge in [-0.3, -0.25) is 14.9 Å². The second kappa shape index (κ2) is 7.56. The number of hydrogen-bond acceptors (Lipinski definition) is 5. The molecule has 23 heavy (non-hydrogen) atoms. The lowest BCUT2D eigenvalue weighted by molar-refractivity contribution is -0.384. The molecule has 2 atom stereocenters. The lowest BCUT2D eigenvalue weighted by Gasteiger charge is -2.34. The van der Waals surface area contributed by atoms with Gasteiger partial charge in [-0.05, 0) is 31.7 Å². The molecule has 1 aromatic carbocycles. The first-order valence-corrected chi connectivity index (χ1v) is 7.09. The molecule has 4 N–H and O–H groups in total. The Morgan fingerprint density at radius 2 is 2.17 bits per heavy atom. The van der Waals surface area contributed by atoms with Gasteiger partial charge in [0, 0.05) is 19.1 Å². The van der Waals surface area contributed by atoms with E-state index in [4.69, 9.17) is 11.5 Å². The molecule has 128 valence electrons. The highest BCUT2D eigenvalue weighted by molar-refractivity contribution is 6.01. The molecule has 0 radical (unpaired) electrons. The van der Waals surface area contributed by atoms with Crippen molar-refractivity contribution in [3.63, 3.8) is 0 Å². The van der Waals surface area contributed by atoms with Crippen LogP contribution in [0.4, 0.5) is 15.8 Å². The van der Waals surface area contributed by atoms with Crippen molar-refractivity contribution < 1.29 is 14.1 Å². The maximum atomic E-state index is 13.5. The number of nitrogens with two attached hydrogens (primary N) is 2. The number of nitro benzene ring substituents is 1. The number of likely N-dealkylation sites (tertiary alicyclic amines) is 1. The Bertz CT molecular complexity index is 612. The fourth-order valence-corrected chi connectivity index (χ4v) is 2.73. The van der Waals surface area contributed by atoms with Gasteiger partial charge in [-0.25, -0.2) is 4.39 Å². The van der Waals surface area contributed by atoms with Crippen LogP contribution in [0.1, 0.15) is 30.1 Å². The summed E-state index contributed by atoms with van der Waals surface area (Å²) >= 11 is 0. The second-order valence-corrected chi connectivity index (χ2v) is 5.66. The molecule has 2 rings (SSSR count). The van der Waals surface area contributed by atoms with Crippen LogP contribution in [0.5, 0.6) is 0 Å². The fourth-order valence-electron chi connectivity index (χ4n) is 2.73. The van der Waals surface area contributed by atoms with Crippen LogP contribution in [-0.4, -0.2) is 34.9 Å². The van der Waals surface area contributed by atoms with E-state index < -0.39 is 22.3 Å². The third-order valence-corrected chi connectivity index (χ3v) is 4.04. The van der Waals surface area contributed by atoms with Crippen LogP contribution in [-0.2, 0) is 0 Å². The number of carbonyl (C=O) groups is 1. The largest absolute Gasteiger partial charge is 0.393 e. The molecule has 1 saturated heterocycles. The van der Waals surface area contributed by atoms with Gasteiger partial charge in [-0.15, -0.1) is 12.4 Å². The number of amides is 1. The molecule has 0 aromatic heterocycles. The maximum absolute atomic E-state index is 13.5. The van der Waals surface area contributed by atoms with Gasteiger partial charge in [0.15, 0.2) is 0 Å². The molecule has 0 spiro atoms. The average Bonchev–Trinajstić information content (AvgIpc) is 2.48. The van der Waals surface area contributed by atoms with Crippen LogP contribution in [0.15, 0.2) is 12.1 Å². The summed E-state index contributed by atoms with van der Waals surface area (Å²) in [6.45, 7) is 2.83. The monoisotopic (exact) mass is 346 g/mol. The minimum atomic E-state index is -0.856. The molecule has 7 nitrogen and oxygen atoms in total. The Hall–Kier alpha value is -1.93. The highest BCUT2D eigenvalue weighted by atomic mass is 35.5. The number of nitrogens with zero attached hydrogens (tertiary/aromatic N) is 2. The van der Waals surface area contributed by atoms with E-state index in [1.807, 2.05) is 6.92 Å². The minimum absolute atomic E-state index is 0. The first kappa shape index (κ1) is 19.1. The summed E-state index contributed by atoms with van der Waals surface area (Å²) in [5, 5.41) is 10.9. The Labute approximate surface area is 139 Å². The van der Waals surface area contributed by atoms with Gasteiger partial charge in [-0.2, -0.15) is 0 Å². The van der Waals surface area contributed by atoms with Crippen molar-refractivity contribution in [2.45, 2.75) is 25.8 Å². The van der Waals surface area contributed by atoms with Crippen LogP contribution in [0.3, 0.4) is 0 Å². The summed E-state index contributed by atoms with van der Waals surface area (Å²) in [5.74, 6) is -1.20. The van der Waals surface area contributed by atoms with Gasteiger partial charge in [-0.1, -0.05) is 0 Å². The van der Waals surface area contributed by atoms with Crippen molar-refractivity contribution in [2.24, 2.45) is 11.7 Å². The molecule has 1 aliphatic rings. The van der Waals surface area contributed by atoms with Crippen LogP contribution >= 0.6 is 12.4 Å². The predicted octanol–water partition coefficient (Wildman–Crippen LogP) is 1.94. The molecule has 0 bridgehead atoms. The number of piperidine rings is 1. The second-order valence-electron chi connectivity index (χ2n) is 5.66. The minimum Gasteiger partial charge on any atom is -0.393 e. The first-order chi connectivity index (χ1) is 10.3. The van der Waals surface area contributed by atoms with Crippen molar-refractivity contribution in [3.8, 4) is 0 Å². The van der Waals surface area contributed by atoms with E-state index in [1.54, 1.807) is 0 Å². The fraction of sp³-hybridized carbons (Fsp3) is 0.500. The number of nitro groups is 1. The van der Waals surface area contributed by atoms with Crippen molar-refractivity contribution in [1.29, 1.82) is 0 Å². The summed E-state index contributed by atoms with van der Waals surface area (Å²) in [6, 6.07) is 1.60. The zero-order chi connectivity index (χ0) is 16.4. The van der Waals surface area contributed by atoms with E-state index in [0.717, 1.165) is 18.9 Å². The Kier molecular flexibility index (Phi) is 6.28. The Morgan fingerprint density at radius 3 is 2.74 bits per heavy atom. The third kappa shape index (κ3) is 4.08. The van der Waals surface area contributed by atoms with Crippen LogP contribution in [0, 0.1) is 21.8 Å². The number of nitrogen functional groups attached to an aromatic ring is 1. The van der Waals surface area contributed by atoms with Crippen LogP contribution < -0.4 is 11.5 Å². The van der Waals surface area contributed by atoms with Crippen molar-refractivity contribution >= 4 is 29.7 Å². The molecular weight excluding hydrogens is 327 g/mol. The van der Waals surface area contributed by atoms with Gasteiger partial charge >= 0.3 is 0 Å². The molecular formula is C14H20ClFN4O3. The standard InChI is InChI=1S/C14H19FN4O3.ClH/c1-8(16)9-3-2-4-18(7-9)14(20)11-5-10(15)6-12(13(11)17)19(21)22;/h5-6,8-9H,2-4,7,16-17H2,1H3;1H. The van der Waals surface area contributed by atoms with Gasteiger partial charge in [0.05, 0.1) is 16.6 Å². The number of rotatable bonds is 3. The SMILES string of the molecule is CC(N)C1CCCN(C(=O)c2cc(F)cc([N+](=O)[O-])c2N)C1.Cl. The summed E-state index contributed by atoms with van der Waals surface area (Å²) < 4.78 is 13.5. The summed E-state index contributed by atoms with van der Waals surface area (Å²) in [6.07, 6.45) is 1.70. The lowest BCUT2D eigenvalue weighted by Crippen LogP contribution is -2.45. The molecule has 9 heteroatoms. The Morgan fingerprint density at radius 1 is 1.52 bits per heavy atom. The predicted molar refractivity (Wildman–Crippen MR) is 87.0 cm³/mol. The quantitative estimate of drug-likeness (QED) is 0.493. The van der Waals surface area contributed by atoms with E-state index in [1.165, 1.54) is 4.90 Å². The smallest absolute Gasteiger partial charge is 0.295 e. The van der Waals surface area contributed by atoms with Crippen LogP contribution in [0.2, 0.25) is 0 Å². The maximum Gasteiger partial charge on any atom is 0.295 e. The van der Waals surface area contributed by atoms with Gasteiger partial charge in [0.2, 0.25) is 0 Å². The van der Waals surface area contributed by atoms with E-state index in [9.17, 15) is 19.3 Å². The molecule has 1 aliphatic heterocycles. The normalized spacial score (nSPS) is 18.9. The van der Waals surface area contributed by atoms with Gasteiger partial charge in [0.25, 0.3) is 11.6 Å². The van der Waals surface area contributed by atoms with E-state index >= 15 is 0 Å². The topological polar surface area (TPSA) is 115 Å². The van der Waals surface area contributed by atoms with Crippen LogP contribution in [0.25, 0.3) is 0 Å². The van der Waals surface area contributed by atoms with E-state index in [-0.39, 0.29) is 35.6 Å². The molecule has 1 amide bonds. The molecule has 1 aromatic rings.